The Kier molecular flexibility index (Phi) is 3.99. The molecule has 0 fully saturated rings. The average molecular weight is 147 g/mol. The van der Waals surface area contributed by atoms with Crippen LogP contribution < -0.4 is 5.73 Å². The van der Waals surface area contributed by atoms with Crippen molar-refractivity contribution in [3.63, 3.8) is 0 Å². The molecule has 2 atom stereocenters. The second kappa shape index (κ2) is 4.24. The van der Waals surface area contributed by atoms with Gasteiger partial charge < -0.3 is 15.6 Å². The standard InChI is InChI=1S/C6H13NO3/c1-3-4(8)5(7)6(9)10-2/h4-5,8H,3,7H2,1-2H3/t4?,5-/m1/s1. The normalized spacial score (nSPS) is 16.0. The third-order valence-electron chi connectivity index (χ3n) is 1.31. The number of carbonyl (C=O) groups excluding carboxylic acids is 1. The van der Waals surface area contributed by atoms with Crippen LogP contribution in [0.2, 0.25) is 0 Å². The van der Waals surface area contributed by atoms with Crippen LogP contribution in [-0.4, -0.2) is 30.3 Å². The summed E-state index contributed by atoms with van der Waals surface area (Å²) in [5.74, 6) is -0.575. The van der Waals surface area contributed by atoms with Gasteiger partial charge in [0.05, 0.1) is 13.2 Å². The molecular weight excluding hydrogens is 134 g/mol. The summed E-state index contributed by atoms with van der Waals surface area (Å²) in [5, 5.41) is 9.00. The van der Waals surface area contributed by atoms with Crippen LogP contribution >= 0.6 is 0 Å². The van der Waals surface area contributed by atoms with E-state index >= 15 is 0 Å². The number of ether oxygens (including phenoxy) is 1. The van der Waals surface area contributed by atoms with E-state index in [4.69, 9.17) is 10.8 Å². The molecule has 0 bridgehead atoms. The molecule has 0 aliphatic heterocycles. The van der Waals surface area contributed by atoms with Crippen LogP contribution in [0.4, 0.5) is 0 Å². The minimum absolute atomic E-state index is 0.455. The number of aliphatic hydroxyl groups is 1. The zero-order valence-electron chi connectivity index (χ0n) is 6.20. The van der Waals surface area contributed by atoms with Gasteiger partial charge in [-0.25, -0.2) is 0 Å². The molecule has 0 radical (unpaired) electrons. The number of esters is 1. The summed E-state index contributed by atoms with van der Waals surface area (Å²) in [6, 6.07) is -0.907. The second-order valence-electron chi connectivity index (χ2n) is 2.02. The molecule has 1 unspecified atom stereocenters. The minimum atomic E-state index is -0.907. The second-order valence-corrected chi connectivity index (χ2v) is 2.02. The molecule has 0 spiro atoms. The Morgan fingerprint density at radius 3 is 2.60 bits per heavy atom. The fourth-order valence-electron chi connectivity index (χ4n) is 0.547. The van der Waals surface area contributed by atoms with Gasteiger partial charge in [0.1, 0.15) is 6.04 Å². The van der Waals surface area contributed by atoms with Crippen molar-refractivity contribution >= 4 is 5.97 Å². The van der Waals surface area contributed by atoms with E-state index in [9.17, 15) is 4.79 Å². The molecular formula is C6H13NO3. The van der Waals surface area contributed by atoms with Crippen molar-refractivity contribution in [3.05, 3.63) is 0 Å². The zero-order valence-corrected chi connectivity index (χ0v) is 6.20. The van der Waals surface area contributed by atoms with Gasteiger partial charge >= 0.3 is 5.97 Å². The van der Waals surface area contributed by atoms with Crippen LogP contribution in [-0.2, 0) is 9.53 Å². The van der Waals surface area contributed by atoms with E-state index < -0.39 is 18.1 Å². The van der Waals surface area contributed by atoms with Gasteiger partial charge in [-0.1, -0.05) is 6.92 Å². The number of aliphatic hydroxyl groups excluding tert-OH is 1. The summed E-state index contributed by atoms with van der Waals surface area (Å²) in [6.07, 6.45) is -0.344. The predicted octanol–water partition coefficient (Wildman–Crippen LogP) is -0.742. The lowest BCUT2D eigenvalue weighted by molar-refractivity contribution is -0.144. The van der Waals surface area contributed by atoms with E-state index in [-0.39, 0.29) is 0 Å². The van der Waals surface area contributed by atoms with Crippen molar-refractivity contribution in [3.8, 4) is 0 Å². The number of carbonyl (C=O) groups is 1. The SMILES string of the molecule is CCC(O)[C@@H](N)C(=O)OC. The number of rotatable bonds is 3. The van der Waals surface area contributed by atoms with Gasteiger partial charge in [0.15, 0.2) is 0 Å². The Morgan fingerprint density at radius 2 is 2.30 bits per heavy atom. The van der Waals surface area contributed by atoms with E-state index in [0.717, 1.165) is 0 Å². The fourth-order valence-corrected chi connectivity index (χ4v) is 0.547. The molecule has 4 nitrogen and oxygen atoms in total. The first-order valence-electron chi connectivity index (χ1n) is 3.15. The maximum atomic E-state index is 10.6. The lowest BCUT2D eigenvalue weighted by atomic mass is 10.1. The van der Waals surface area contributed by atoms with Gasteiger partial charge in [-0.05, 0) is 6.42 Å². The highest BCUT2D eigenvalue weighted by molar-refractivity contribution is 5.75. The van der Waals surface area contributed by atoms with Crippen molar-refractivity contribution in [2.24, 2.45) is 5.73 Å². The zero-order chi connectivity index (χ0) is 8.15. The van der Waals surface area contributed by atoms with Gasteiger partial charge in [0.25, 0.3) is 0 Å². The molecule has 0 saturated heterocycles. The molecule has 0 aliphatic rings. The Bertz CT molecular complexity index is 116. The Morgan fingerprint density at radius 1 is 1.80 bits per heavy atom. The van der Waals surface area contributed by atoms with Gasteiger partial charge in [0.2, 0.25) is 0 Å². The predicted molar refractivity (Wildman–Crippen MR) is 36.3 cm³/mol. The summed E-state index contributed by atoms with van der Waals surface area (Å²) >= 11 is 0. The summed E-state index contributed by atoms with van der Waals surface area (Å²) in [4.78, 5) is 10.6. The quantitative estimate of drug-likeness (QED) is 0.515. The Hall–Kier alpha value is -0.610. The molecule has 0 heterocycles. The molecule has 0 aromatic rings. The Labute approximate surface area is 60.0 Å². The highest BCUT2D eigenvalue weighted by atomic mass is 16.5. The van der Waals surface area contributed by atoms with E-state index in [2.05, 4.69) is 4.74 Å². The molecule has 0 rings (SSSR count). The van der Waals surface area contributed by atoms with Crippen LogP contribution in [0.5, 0.6) is 0 Å². The third kappa shape index (κ3) is 2.33. The summed E-state index contributed by atoms with van der Waals surface area (Å²) in [5.41, 5.74) is 5.26. The van der Waals surface area contributed by atoms with Crippen molar-refractivity contribution in [1.82, 2.24) is 0 Å². The van der Waals surface area contributed by atoms with E-state index in [1.165, 1.54) is 7.11 Å². The van der Waals surface area contributed by atoms with E-state index in [1.54, 1.807) is 6.92 Å². The van der Waals surface area contributed by atoms with E-state index in [1.807, 2.05) is 0 Å². The fraction of sp³-hybridized carbons (Fsp3) is 0.833. The average Bonchev–Trinajstić information content (AvgIpc) is 2.00. The number of methoxy groups -OCH3 is 1. The Balaban J connectivity index is 3.81. The van der Waals surface area contributed by atoms with Crippen LogP contribution in [0.1, 0.15) is 13.3 Å². The van der Waals surface area contributed by atoms with Crippen molar-refractivity contribution < 1.29 is 14.6 Å². The summed E-state index contributed by atoms with van der Waals surface area (Å²) < 4.78 is 4.31. The molecule has 3 N–H and O–H groups in total. The third-order valence-corrected chi connectivity index (χ3v) is 1.31. The number of hydrogen-bond acceptors (Lipinski definition) is 4. The van der Waals surface area contributed by atoms with Gasteiger partial charge in [0, 0.05) is 0 Å². The summed E-state index contributed by atoms with van der Waals surface area (Å²) in [7, 11) is 1.24. The van der Waals surface area contributed by atoms with Crippen molar-refractivity contribution in [2.75, 3.05) is 7.11 Å². The molecule has 60 valence electrons. The van der Waals surface area contributed by atoms with Crippen molar-refractivity contribution in [1.29, 1.82) is 0 Å². The topological polar surface area (TPSA) is 72.5 Å². The molecule has 10 heavy (non-hydrogen) atoms. The van der Waals surface area contributed by atoms with Crippen molar-refractivity contribution in [2.45, 2.75) is 25.5 Å². The molecule has 0 aromatic heterocycles. The lowest BCUT2D eigenvalue weighted by Gasteiger charge is -2.13. The lowest BCUT2D eigenvalue weighted by Crippen LogP contribution is -2.42. The van der Waals surface area contributed by atoms with Crippen LogP contribution in [0.15, 0.2) is 0 Å². The first kappa shape index (κ1) is 9.39. The van der Waals surface area contributed by atoms with Gasteiger partial charge in [-0.2, -0.15) is 0 Å². The van der Waals surface area contributed by atoms with Gasteiger partial charge in [-0.3, -0.25) is 4.79 Å². The molecule has 0 amide bonds. The molecule has 0 saturated carbocycles. The van der Waals surface area contributed by atoms with Crippen LogP contribution in [0.3, 0.4) is 0 Å². The monoisotopic (exact) mass is 147 g/mol. The minimum Gasteiger partial charge on any atom is -0.468 e. The largest absolute Gasteiger partial charge is 0.468 e. The molecule has 0 aromatic carbocycles. The maximum Gasteiger partial charge on any atom is 0.325 e. The summed E-state index contributed by atoms with van der Waals surface area (Å²) in [6.45, 7) is 1.74. The van der Waals surface area contributed by atoms with Gasteiger partial charge in [-0.15, -0.1) is 0 Å². The smallest absolute Gasteiger partial charge is 0.325 e. The first-order chi connectivity index (χ1) is 4.63. The first-order valence-corrected chi connectivity index (χ1v) is 3.15. The maximum absolute atomic E-state index is 10.6. The number of nitrogens with two attached hydrogens (primary N) is 1. The van der Waals surface area contributed by atoms with E-state index in [0.29, 0.717) is 6.42 Å². The highest BCUT2D eigenvalue weighted by Crippen LogP contribution is 1.96. The highest BCUT2D eigenvalue weighted by Gasteiger charge is 2.20. The van der Waals surface area contributed by atoms with Crippen LogP contribution in [0.25, 0.3) is 0 Å². The van der Waals surface area contributed by atoms with Crippen LogP contribution in [0, 0.1) is 0 Å². The molecule has 4 heteroatoms. The molecule has 0 aliphatic carbocycles. The number of hydrogen-bond donors (Lipinski definition) is 2.